The number of rotatable bonds is 1. The van der Waals surface area contributed by atoms with Crippen molar-refractivity contribution in [3.8, 4) is 11.8 Å². The van der Waals surface area contributed by atoms with Crippen LogP contribution in [-0.2, 0) is 38.3 Å². The average molecular weight is 1090 g/mol. The van der Waals surface area contributed by atoms with Crippen LogP contribution in [0.3, 0.4) is 0 Å². The number of nitrogens with zero attached hydrogens (tertiary/aromatic N) is 1. The van der Waals surface area contributed by atoms with Crippen molar-refractivity contribution < 1.29 is 18.7 Å². The van der Waals surface area contributed by atoms with Crippen molar-refractivity contribution in [3.63, 3.8) is 0 Å². The number of primary amides is 1. The Bertz CT molecular complexity index is 2690. The number of halogens is 3. The summed E-state index contributed by atoms with van der Waals surface area (Å²) in [5.41, 5.74) is 18.8. The van der Waals surface area contributed by atoms with E-state index in [1.807, 2.05) is 85.9 Å². The van der Waals surface area contributed by atoms with Crippen LogP contribution in [0, 0.1) is 62.0 Å². The van der Waals surface area contributed by atoms with Crippen LogP contribution in [0.25, 0.3) is 6.08 Å². The van der Waals surface area contributed by atoms with E-state index in [0.717, 1.165) is 33.7 Å². The fraction of sp³-hybridized carbons (Fsp3) is 0.493. The number of fused-ring (bicyclic) bond motifs is 1. The second-order valence-corrected chi connectivity index (χ2v) is 28.1. The third-order valence-electron chi connectivity index (χ3n) is 11.7. The van der Waals surface area contributed by atoms with Crippen LogP contribution < -0.4 is 5.73 Å². The predicted octanol–water partition coefficient (Wildman–Crippen LogP) is 19.5. The van der Waals surface area contributed by atoms with Crippen LogP contribution in [0.4, 0.5) is 8.78 Å². The quantitative estimate of drug-likeness (QED) is 0.130. The Morgan fingerprint density at radius 3 is 1.46 bits per heavy atom. The molecule has 1 aliphatic rings. The molecule has 0 unspecified atom stereocenters. The predicted molar refractivity (Wildman–Crippen MR) is 337 cm³/mol. The molecule has 1 atom stereocenters. The van der Waals surface area contributed by atoms with Gasteiger partial charge in [0.05, 0.1) is 5.69 Å². The molecule has 430 valence electrons. The van der Waals surface area contributed by atoms with Crippen LogP contribution in [0.2, 0.25) is 5.02 Å². The summed E-state index contributed by atoms with van der Waals surface area (Å²) in [6, 6.07) is 27.7. The number of aromatic nitrogens is 1. The van der Waals surface area contributed by atoms with Gasteiger partial charge in [0, 0.05) is 23.1 Å². The number of benzene rings is 4. The van der Waals surface area contributed by atoms with E-state index in [2.05, 4.69) is 182 Å². The van der Waals surface area contributed by atoms with E-state index in [1.165, 1.54) is 51.2 Å². The topological polar surface area (TPSA) is 76.2 Å². The molecule has 0 aliphatic heterocycles. The molecule has 0 saturated heterocycles. The maximum Gasteiger partial charge on any atom is 0.241 e. The summed E-state index contributed by atoms with van der Waals surface area (Å²) in [4.78, 5) is 14.6. The summed E-state index contributed by atoms with van der Waals surface area (Å²) in [6.07, 6.45) is 10.0. The van der Waals surface area contributed by atoms with Gasteiger partial charge in [-0.05, 0) is 174 Å². The Labute approximate surface area is 480 Å². The Hall–Kier alpha value is -5.35. The zero-order chi connectivity index (χ0) is 61.0. The largest absolute Gasteiger partial charge is 0.381 e. The molecule has 0 spiro atoms. The number of nitrogens with two attached hydrogens (primary N) is 1. The minimum Gasteiger partial charge on any atom is -0.381 e. The normalized spacial score (nSPS) is 12.5. The van der Waals surface area contributed by atoms with Gasteiger partial charge in [0.15, 0.2) is 0 Å². The summed E-state index contributed by atoms with van der Waals surface area (Å²) in [5, 5.41) is 9.59. The zero-order valence-corrected chi connectivity index (χ0v) is 54.0. The molecule has 0 bridgehead atoms. The van der Waals surface area contributed by atoms with Gasteiger partial charge in [-0.3, -0.25) is 9.78 Å². The van der Waals surface area contributed by atoms with Crippen molar-refractivity contribution in [1.82, 2.24) is 4.98 Å². The molecule has 1 amide bonds. The number of hydrogen-bond acceptors (Lipinski definition) is 3. The molecule has 3 N–H and O–H groups in total. The first-order valence-corrected chi connectivity index (χ1v) is 27.7. The molecule has 4 nitrogen and oxygen atoms in total. The monoisotopic (exact) mass is 1090 g/mol. The van der Waals surface area contributed by atoms with Crippen molar-refractivity contribution in [3.05, 3.63) is 187 Å². The van der Waals surface area contributed by atoms with Crippen LogP contribution >= 0.6 is 11.6 Å². The lowest BCUT2D eigenvalue weighted by molar-refractivity contribution is -0.113. The van der Waals surface area contributed by atoms with Crippen molar-refractivity contribution in [1.29, 1.82) is 0 Å². The van der Waals surface area contributed by atoms with E-state index in [-0.39, 0.29) is 55.4 Å². The Morgan fingerprint density at radius 2 is 1.09 bits per heavy atom. The van der Waals surface area contributed by atoms with Gasteiger partial charge in [0.2, 0.25) is 5.91 Å². The third kappa shape index (κ3) is 31.9. The summed E-state index contributed by atoms with van der Waals surface area (Å²) in [5.74, 6) is 4.97. The van der Waals surface area contributed by atoms with Gasteiger partial charge >= 0.3 is 0 Å². The lowest BCUT2D eigenvalue weighted by atomic mass is 9.86. The van der Waals surface area contributed by atoms with Gasteiger partial charge in [-0.25, -0.2) is 8.78 Å². The fourth-order valence-electron chi connectivity index (χ4n) is 6.69. The highest BCUT2D eigenvalue weighted by Crippen LogP contribution is 2.29. The number of allylic oxidation sites excluding steroid dienone is 2. The van der Waals surface area contributed by atoms with Crippen LogP contribution in [0.1, 0.15) is 214 Å². The molecule has 78 heavy (non-hydrogen) atoms. The van der Waals surface area contributed by atoms with E-state index in [1.54, 1.807) is 32.1 Å². The fourth-order valence-corrected chi connectivity index (χ4v) is 6.81. The smallest absolute Gasteiger partial charge is 0.241 e. The van der Waals surface area contributed by atoms with Crippen molar-refractivity contribution in [2.45, 2.75) is 220 Å². The molecule has 0 radical (unpaired) electrons. The minimum atomic E-state index is -0.496. The first kappa shape index (κ1) is 72.7. The molecule has 7 heteroatoms. The lowest BCUT2D eigenvalue weighted by Gasteiger charge is -2.19. The van der Waals surface area contributed by atoms with Gasteiger partial charge in [-0.1, -0.05) is 226 Å². The van der Waals surface area contributed by atoms with Crippen molar-refractivity contribution in [2.24, 2.45) is 16.6 Å². The number of pyridine rings is 1. The summed E-state index contributed by atoms with van der Waals surface area (Å²) < 4.78 is 25.8. The third-order valence-corrected chi connectivity index (χ3v) is 12.1. The SMILES string of the molecule is CC(C)(C)/C=C/C(N)=O.CC(C)(C)c1cnc2c(c1)C=CC2.C[C@@H](O)C#CC(C)(C)C.Cc1cc(C(C)(C)C)ccc1Cl.Cc1cc(C(C)(C)C)ccc1F.Cc1cc(F)cc(C(C)(C)C)c1.Cc1cccc(C(C)(C)C)c1. The number of hydrogen-bond donors (Lipinski definition) is 2. The molecule has 1 heterocycles. The van der Waals surface area contributed by atoms with E-state index in [0.29, 0.717) is 0 Å². The van der Waals surface area contributed by atoms with Gasteiger partial charge in [0.1, 0.15) is 17.7 Å². The summed E-state index contributed by atoms with van der Waals surface area (Å²) >= 11 is 5.93. The number of carbonyl (C=O) groups is 1. The highest BCUT2D eigenvalue weighted by atomic mass is 35.5. The molecule has 1 aromatic heterocycles. The highest BCUT2D eigenvalue weighted by molar-refractivity contribution is 6.31. The average Bonchev–Trinajstić information content (AvgIpc) is 3.75. The summed E-state index contributed by atoms with van der Waals surface area (Å²) in [6.45, 7) is 54.2. The van der Waals surface area contributed by atoms with Crippen molar-refractivity contribution in [2.75, 3.05) is 0 Å². The molecule has 0 fully saturated rings. The number of aryl methyl sites for hydroxylation is 4. The maximum absolute atomic E-state index is 13.0. The Morgan fingerprint density at radius 1 is 0.615 bits per heavy atom. The number of aliphatic hydroxyl groups excluding tert-OH is 1. The van der Waals surface area contributed by atoms with E-state index >= 15 is 0 Å². The molecule has 6 rings (SSSR count). The van der Waals surface area contributed by atoms with Gasteiger partial charge in [-0.2, -0.15) is 0 Å². The molecular weight excluding hydrogens is 986 g/mol. The molecule has 0 saturated carbocycles. The van der Waals surface area contributed by atoms with Crippen LogP contribution in [0.15, 0.2) is 109 Å². The molecule has 4 aromatic carbocycles. The Kier molecular flexibility index (Phi) is 28.7. The summed E-state index contributed by atoms with van der Waals surface area (Å²) in [7, 11) is 0. The molecular formula is C71H103ClF2N2O2. The molecule has 5 aromatic rings. The van der Waals surface area contributed by atoms with Gasteiger partial charge < -0.3 is 10.8 Å². The van der Waals surface area contributed by atoms with Gasteiger partial charge in [-0.15, -0.1) is 0 Å². The first-order valence-electron chi connectivity index (χ1n) is 27.4. The van der Waals surface area contributed by atoms with E-state index in [9.17, 15) is 13.6 Å². The minimum absolute atomic E-state index is 0.0109. The Balaban J connectivity index is 0.000000891. The van der Waals surface area contributed by atoms with E-state index in [4.69, 9.17) is 22.4 Å². The zero-order valence-electron chi connectivity index (χ0n) is 53.3. The standard InChI is InChI=1S/C12H15N.C11H15Cl.2C11H15F.C11H16.C8H14O.C7H13NO/c1-12(2,3)10-7-9-5-4-6-11(9)13-8-10;1-8-7-9(11(2,3)4)5-6-10(8)12;1-8-5-9(11(2,3)4)7-10(12)6-8;1-8-7-9(11(2,3)4)5-6-10(8)12;1-9-6-5-7-10(8-9)11(2,3)4;1-7(9)5-6-8(2,3)4;1-7(2,3)5-4-6(8)9/h4-5,7-8H,6H2,1-3H3;3*5-7H,1-4H3;5-8H,1-4H3;7,9H,1-4H3;4-5H,1-3H3,(H2,8,9)/b;;;;;;5-4+/t;;;;;7-;/m.....1./s1. The maximum atomic E-state index is 13.0. The second-order valence-electron chi connectivity index (χ2n) is 27.7. The van der Waals surface area contributed by atoms with Crippen molar-refractivity contribution >= 4 is 23.6 Å². The van der Waals surface area contributed by atoms with E-state index < -0.39 is 6.10 Å². The van der Waals surface area contributed by atoms with Gasteiger partial charge in [0.25, 0.3) is 0 Å². The first-order chi connectivity index (χ1) is 35.1. The number of carbonyl (C=O) groups excluding carboxylic acids is 1. The lowest BCUT2D eigenvalue weighted by Crippen LogP contribution is -2.12. The highest BCUT2D eigenvalue weighted by Gasteiger charge is 2.18. The number of aliphatic hydroxyl groups is 1. The van der Waals surface area contributed by atoms with Crippen LogP contribution in [0.5, 0.6) is 0 Å². The molecule has 1 aliphatic carbocycles. The van der Waals surface area contributed by atoms with Crippen LogP contribution in [-0.4, -0.2) is 22.1 Å². The second kappa shape index (κ2) is 30.9. The number of amides is 1.